The second kappa shape index (κ2) is 11.6. The minimum atomic E-state index is 0.769. The van der Waals surface area contributed by atoms with Gasteiger partial charge in [-0.1, -0.05) is 49.3 Å². The van der Waals surface area contributed by atoms with Gasteiger partial charge in [0.15, 0.2) is 0 Å². The van der Waals surface area contributed by atoms with E-state index in [1.807, 2.05) is 37.3 Å². The molecule has 0 saturated carbocycles. The molecule has 2 heteroatoms. The fraction of sp³-hybridized carbons (Fsp3) is 0.500. The molecule has 1 aliphatic rings. The molecule has 0 amide bonds. The van der Waals surface area contributed by atoms with E-state index in [2.05, 4.69) is 43.9 Å². The zero-order valence-electron chi connectivity index (χ0n) is 15.8. The van der Waals surface area contributed by atoms with Crippen molar-refractivity contribution in [3.63, 3.8) is 0 Å². The molecule has 0 N–H and O–H groups in total. The Morgan fingerprint density at radius 1 is 1.29 bits per heavy atom. The summed E-state index contributed by atoms with van der Waals surface area (Å²) in [6.45, 7) is 11.9. The summed E-state index contributed by atoms with van der Waals surface area (Å²) in [6.07, 6.45) is 10.1. The normalized spacial score (nSPS) is 15.5. The Bertz CT molecular complexity index is 566. The molecule has 1 heterocycles. The van der Waals surface area contributed by atoms with Crippen LogP contribution in [0.4, 0.5) is 0 Å². The van der Waals surface area contributed by atoms with Crippen molar-refractivity contribution in [2.45, 2.75) is 53.5 Å². The van der Waals surface area contributed by atoms with Crippen LogP contribution in [0.3, 0.4) is 0 Å². The van der Waals surface area contributed by atoms with Crippen molar-refractivity contribution in [3.05, 3.63) is 59.2 Å². The van der Waals surface area contributed by atoms with Gasteiger partial charge in [0.05, 0.1) is 11.6 Å². The second-order valence-corrected chi connectivity index (χ2v) is 6.71. The van der Waals surface area contributed by atoms with Gasteiger partial charge in [0.1, 0.15) is 0 Å². The molecule has 24 heavy (non-hydrogen) atoms. The van der Waals surface area contributed by atoms with E-state index in [4.69, 9.17) is 5.26 Å². The van der Waals surface area contributed by atoms with Gasteiger partial charge in [-0.15, -0.1) is 0 Å². The lowest BCUT2D eigenvalue weighted by Gasteiger charge is -2.31. The predicted octanol–water partition coefficient (Wildman–Crippen LogP) is 5.71. The summed E-state index contributed by atoms with van der Waals surface area (Å²) in [5.41, 5.74) is 3.38. The maximum Gasteiger partial charge on any atom is 0.0991 e. The molecule has 0 aromatic heterocycles. The fourth-order valence-electron chi connectivity index (χ4n) is 2.84. The lowest BCUT2D eigenvalue weighted by Crippen LogP contribution is -2.32. The Hall–Kier alpha value is -1.85. The first-order chi connectivity index (χ1) is 11.6. The van der Waals surface area contributed by atoms with Crippen LogP contribution in [0.25, 0.3) is 0 Å². The number of nitrogens with zero attached hydrogens (tertiary/aromatic N) is 2. The van der Waals surface area contributed by atoms with Gasteiger partial charge in [-0.05, 0) is 70.3 Å². The third kappa shape index (κ3) is 8.13. The van der Waals surface area contributed by atoms with Gasteiger partial charge in [-0.2, -0.15) is 5.26 Å². The molecule has 0 aliphatic carbocycles. The molecule has 0 unspecified atom stereocenters. The number of allylic oxidation sites excluding steroid dienone is 4. The van der Waals surface area contributed by atoms with E-state index in [9.17, 15) is 0 Å². The van der Waals surface area contributed by atoms with Crippen molar-refractivity contribution in [3.8, 4) is 6.07 Å². The molecule has 1 aromatic carbocycles. The van der Waals surface area contributed by atoms with Crippen LogP contribution in [0, 0.1) is 17.2 Å². The largest absolute Gasteiger partial charge is 0.299 e. The molecule has 1 aromatic rings. The van der Waals surface area contributed by atoms with Gasteiger partial charge >= 0.3 is 0 Å². The highest BCUT2D eigenvalue weighted by atomic mass is 15.1. The average molecular weight is 325 g/mol. The Morgan fingerprint density at radius 2 is 2.00 bits per heavy atom. The zero-order chi connectivity index (χ0) is 17.8. The Morgan fingerprint density at radius 3 is 2.50 bits per heavy atom. The minimum Gasteiger partial charge on any atom is -0.299 e. The van der Waals surface area contributed by atoms with Crippen LogP contribution in [0.2, 0.25) is 0 Å². The lowest BCUT2D eigenvalue weighted by atomic mass is 9.94. The average Bonchev–Trinajstić information content (AvgIpc) is 2.61. The monoisotopic (exact) mass is 324 g/mol. The van der Waals surface area contributed by atoms with Crippen LogP contribution >= 0.6 is 0 Å². The van der Waals surface area contributed by atoms with Crippen molar-refractivity contribution in [2.75, 3.05) is 13.1 Å². The fourth-order valence-corrected chi connectivity index (χ4v) is 2.84. The van der Waals surface area contributed by atoms with E-state index < -0.39 is 0 Å². The predicted molar refractivity (Wildman–Crippen MR) is 104 cm³/mol. The molecule has 2 rings (SSSR count). The summed E-state index contributed by atoms with van der Waals surface area (Å²) in [7, 11) is 0. The van der Waals surface area contributed by atoms with Gasteiger partial charge in [0, 0.05) is 6.54 Å². The number of hydrogen-bond acceptors (Lipinski definition) is 2. The van der Waals surface area contributed by atoms with Crippen LogP contribution in [-0.2, 0) is 6.54 Å². The molecular weight excluding hydrogens is 292 g/mol. The topological polar surface area (TPSA) is 27.0 Å². The number of nitriles is 1. The van der Waals surface area contributed by atoms with E-state index in [0.29, 0.717) is 0 Å². The van der Waals surface area contributed by atoms with Crippen LogP contribution in [-0.4, -0.2) is 18.0 Å². The van der Waals surface area contributed by atoms with Crippen molar-refractivity contribution in [2.24, 2.45) is 5.92 Å². The molecule has 1 saturated heterocycles. The summed E-state index contributed by atoms with van der Waals surface area (Å²) >= 11 is 0. The maximum atomic E-state index is 8.87. The maximum absolute atomic E-state index is 8.87. The van der Waals surface area contributed by atoms with Crippen molar-refractivity contribution in [1.29, 1.82) is 5.26 Å². The van der Waals surface area contributed by atoms with Gasteiger partial charge < -0.3 is 0 Å². The first-order valence-corrected chi connectivity index (χ1v) is 9.06. The number of hydrogen-bond donors (Lipinski definition) is 0. The summed E-state index contributed by atoms with van der Waals surface area (Å²) in [6, 6.07) is 10.2. The van der Waals surface area contributed by atoms with Crippen LogP contribution in [0.5, 0.6) is 0 Å². The highest BCUT2D eigenvalue weighted by Gasteiger charge is 2.17. The summed E-state index contributed by atoms with van der Waals surface area (Å²) in [5, 5.41) is 8.87. The molecule has 1 aliphatic heterocycles. The minimum absolute atomic E-state index is 0.769. The number of likely N-dealkylation sites (tertiary alicyclic amines) is 1. The smallest absolute Gasteiger partial charge is 0.0991 e. The van der Waals surface area contributed by atoms with Crippen molar-refractivity contribution < 1.29 is 0 Å². The molecule has 0 bridgehead atoms. The number of piperidine rings is 1. The van der Waals surface area contributed by atoms with E-state index in [-0.39, 0.29) is 0 Å². The molecule has 130 valence electrons. The van der Waals surface area contributed by atoms with Gasteiger partial charge in [-0.25, -0.2) is 0 Å². The lowest BCUT2D eigenvalue weighted by molar-refractivity contribution is 0.175. The molecule has 2 nitrogen and oxygen atoms in total. The van der Waals surface area contributed by atoms with Crippen molar-refractivity contribution >= 4 is 0 Å². The van der Waals surface area contributed by atoms with Crippen LogP contribution < -0.4 is 0 Å². The first kappa shape index (κ1) is 20.2. The third-order valence-electron chi connectivity index (χ3n) is 4.37. The second-order valence-electron chi connectivity index (χ2n) is 6.71. The SMILES string of the molecule is C/C=C\C=C(C)C.CCC1CCN(Cc2cccc(C#N)c2)CC1. The van der Waals surface area contributed by atoms with Crippen molar-refractivity contribution in [1.82, 2.24) is 4.90 Å². The quantitative estimate of drug-likeness (QED) is 0.663. The van der Waals surface area contributed by atoms with Gasteiger partial charge in [-0.3, -0.25) is 4.90 Å². The first-order valence-electron chi connectivity index (χ1n) is 9.06. The highest BCUT2D eigenvalue weighted by molar-refractivity contribution is 5.32. The molecule has 0 spiro atoms. The highest BCUT2D eigenvalue weighted by Crippen LogP contribution is 2.21. The standard InChI is InChI=1S/C15H20N2.C7H12/c1-2-13-6-8-17(9-7-13)12-15-5-3-4-14(10-15)11-16;1-4-5-6-7(2)3/h3-5,10,13H,2,6-9,12H2,1H3;4-6H,1-3H3/b;5-4-. The van der Waals surface area contributed by atoms with E-state index in [1.165, 1.54) is 43.5 Å². The third-order valence-corrected chi connectivity index (χ3v) is 4.37. The van der Waals surface area contributed by atoms with E-state index in [0.717, 1.165) is 18.0 Å². The summed E-state index contributed by atoms with van der Waals surface area (Å²) in [5.74, 6) is 0.927. The van der Waals surface area contributed by atoms with Crippen LogP contribution in [0.15, 0.2) is 48.1 Å². The van der Waals surface area contributed by atoms with Crippen LogP contribution in [0.1, 0.15) is 58.1 Å². The molecular formula is C22H32N2. The number of benzene rings is 1. The molecule has 0 radical (unpaired) electrons. The van der Waals surface area contributed by atoms with E-state index >= 15 is 0 Å². The summed E-state index contributed by atoms with van der Waals surface area (Å²) in [4.78, 5) is 2.50. The Kier molecular flexibility index (Phi) is 9.80. The zero-order valence-corrected chi connectivity index (χ0v) is 15.8. The van der Waals surface area contributed by atoms with E-state index in [1.54, 1.807) is 0 Å². The number of rotatable bonds is 4. The van der Waals surface area contributed by atoms with Gasteiger partial charge in [0.2, 0.25) is 0 Å². The van der Waals surface area contributed by atoms with Gasteiger partial charge in [0.25, 0.3) is 0 Å². The Balaban J connectivity index is 0.000000351. The summed E-state index contributed by atoms with van der Waals surface area (Å²) < 4.78 is 0. The molecule has 0 atom stereocenters. The Labute approximate surface area is 148 Å². The molecule has 1 fully saturated rings.